The summed E-state index contributed by atoms with van der Waals surface area (Å²) in [6.07, 6.45) is 1.83. The minimum Gasteiger partial charge on any atom is -0.469 e. The number of carbonyl (C=O) groups is 2. The number of benzene rings is 2. The van der Waals surface area contributed by atoms with E-state index in [9.17, 15) is 19.7 Å². The Labute approximate surface area is 178 Å². The number of hydrogen-bond acceptors (Lipinski definition) is 6. The number of hydrogen-bond donors (Lipinski definition) is 1. The van der Waals surface area contributed by atoms with Crippen LogP contribution < -0.4 is 10.2 Å². The Bertz CT molecular complexity index is 959. The summed E-state index contributed by atoms with van der Waals surface area (Å²) in [5.74, 6) is -1.06. The van der Waals surface area contributed by atoms with Gasteiger partial charge in [-0.25, -0.2) is 0 Å². The number of methoxy groups -OCH3 is 1. The smallest absolute Gasteiger partial charge is 0.307 e. The Morgan fingerprint density at radius 3 is 2.57 bits per heavy atom. The number of nitrogens with zero attached hydrogens (tertiary/aromatic N) is 2. The van der Waals surface area contributed by atoms with Gasteiger partial charge in [0.05, 0.1) is 24.5 Å². The quantitative estimate of drug-likeness (QED) is 0.405. The Morgan fingerprint density at radius 1 is 1.23 bits per heavy atom. The third-order valence-electron chi connectivity index (χ3n) is 5.07. The molecular weight excluding hydrogens is 410 g/mol. The standard InChI is InChI=1S/C21H22ClN3O5/c1-30-20(26)13-17(15-6-2-3-7-16(15)22)23-21(27)14-8-9-18(19(12-14)25(28)29)24-10-4-5-11-24/h2-3,6-9,12,17H,4-5,10-11,13H2,1H3,(H,23,27). The first kappa shape index (κ1) is 21.6. The van der Waals surface area contributed by atoms with Gasteiger partial charge >= 0.3 is 5.97 Å². The molecule has 1 fully saturated rings. The summed E-state index contributed by atoms with van der Waals surface area (Å²) in [6, 6.07) is 10.5. The fourth-order valence-electron chi connectivity index (χ4n) is 3.52. The molecule has 158 valence electrons. The van der Waals surface area contributed by atoms with Gasteiger partial charge in [0, 0.05) is 29.7 Å². The van der Waals surface area contributed by atoms with Crippen molar-refractivity contribution in [2.45, 2.75) is 25.3 Å². The van der Waals surface area contributed by atoms with E-state index in [1.54, 1.807) is 36.4 Å². The highest BCUT2D eigenvalue weighted by Crippen LogP contribution is 2.32. The molecule has 1 aliphatic rings. The van der Waals surface area contributed by atoms with Crippen molar-refractivity contribution in [2.75, 3.05) is 25.1 Å². The zero-order valence-corrected chi connectivity index (χ0v) is 17.2. The van der Waals surface area contributed by atoms with E-state index in [1.165, 1.54) is 13.2 Å². The predicted octanol–water partition coefficient (Wildman–Crippen LogP) is 3.88. The van der Waals surface area contributed by atoms with Gasteiger partial charge in [-0.3, -0.25) is 19.7 Å². The lowest BCUT2D eigenvalue weighted by Gasteiger charge is -2.20. The monoisotopic (exact) mass is 431 g/mol. The van der Waals surface area contributed by atoms with Crippen LogP contribution in [0.4, 0.5) is 11.4 Å². The predicted molar refractivity (Wildman–Crippen MR) is 113 cm³/mol. The van der Waals surface area contributed by atoms with E-state index >= 15 is 0 Å². The second-order valence-electron chi connectivity index (χ2n) is 6.98. The Kier molecular flexibility index (Phi) is 6.89. The number of ether oxygens (including phenoxy) is 1. The normalized spacial score (nSPS) is 14.3. The van der Waals surface area contributed by atoms with Crippen molar-refractivity contribution in [3.8, 4) is 0 Å². The number of amides is 1. The van der Waals surface area contributed by atoms with Crippen molar-refractivity contribution in [1.29, 1.82) is 0 Å². The highest BCUT2D eigenvalue weighted by molar-refractivity contribution is 6.31. The molecule has 2 aromatic rings. The van der Waals surface area contributed by atoms with Gasteiger partial charge in [-0.2, -0.15) is 0 Å². The largest absolute Gasteiger partial charge is 0.469 e. The molecule has 1 heterocycles. The maximum Gasteiger partial charge on any atom is 0.307 e. The van der Waals surface area contributed by atoms with E-state index in [2.05, 4.69) is 5.32 Å². The second-order valence-corrected chi connectivity index (χ2v) is 7.39. The van der Waals surface area contributed by atoms with E-state index in [4.69, 9.17) is 16.3 Å². The molecule has 1 aliphatic heterocycles. The average molecular weight is 432 g/mol. The highest BCUT2D eigenvalue weighted by atomic mass is 35.5. The van der Waals surface area contributed by atoms with Crippen LogP contribution in [0.25, 0.3) is 0 Å². The maximum absolute atomic E-state index is 12.9. The molecule has 0 aliphatic carbocycles. The van der Waals surface area contributed by atoms with Crippen LogP contribution >= 0.6 is 11.6 Å². The van der Waals surface area contributed by atoms with Crippen molar-refractivity contribution < 1.29 is 19.2 Å². The Balaban J connectivity index is 1.88. The molecule has 8 nitrogen and oxygen atoms in total. The lowest BCUT2D eigenvalue weighted by molar-refractivity contribution is -0.384. The Morgan fingerprint density at radius 2 is 1.93 bits per heavy atom. The summed E-state index contributed by atoms with van der Waals surface area (Å²) in [7, 11) is 1.26. The van der Waals surface area contributed by atoms with Gasteiger partial charge in [0.1, 0.15) is 5.69 Å². The van der Waals surface area contributed by atoms with Crippen LogP contribution in [0.2, 0.25) is 5.02 Å². The number of nitro groups is 1. The van der Waals surface area contributed by atoms with Crippen molar-refractivity contribution >= 4 is 34.9 Å². The molecule has 2 aromatic carbocycles. The number of rotatable bonds is 7. The number of carbonyl (C=O) groups excluding carboxylic acids is 2. The van der Waals surface area contributed by atoms with Gasteiger partial charge in [0.2, 0.25) is 0 Å². The average Bonchev–Trinajstić information content (AvgIpc) is 3.27. The van der Waals surface area contributed by atoms with Crippen LogP contribution in [0.3, 0.4) is 0 Å². The molecule has 3 rings (SSSR count). The maximum atomic E-state index is 12.9. The summed E-state index contributed by atoms with van der Waals surface area (Å²) in [5.41, 5.74) is 1.07. The molecule has 9 heteroatoms. The molecule has 1 N–H and O–H groups in total. The topological polar surface area (TPSA) is 102 Å². The van der Waals surface area contributed by atoms with Crippen LogP contribution in [0.5, 0.6) is 0 Å². The third kappa shape index (κ3) is 4.88. The van der Waals surface area contributed by atoms with Crippen LogP contribution in [0.15, 0.2) is 42.5 Å². The van der Waals surface area contributed by atoms with Crippen LogP contribution in [-0.2, 0) is 9.53 Å². The zero-order chi connectivity index (χ0) is 21.7. The van der Waals surface area contributed by atoms with Crippen LogP contribution in [0.1, 0.15) is 41.2 Å². The molecule has 1 unspecified atom stereocenters. The highest BCUT2D eigenvalue weighted by Gasteiger charge is 2.26. The molecule has 1 atom stereocenters. The first-order chi connectivity index (χ1) is 14.4. The first-order valence-electron chi connectivity index (χ1n) is 9.56. The summed E-state index contributed by atoms with van der Waals surface area (Å²) >= 11 is 6.24. The minimum absolute atomic E-state index is 0.119. The number of nitro benzene ring substituents is 1. The van der Waals surface area contributed by atoms with Crippen molar-refractivity contribution in [2.24, 2.45) is 0 Å². The second kappa shape index (κ2) is 9.58. The molecule has 30 heavy (non-hydrogen) atoms. The molecule has 0 saturated carbocycles. The number of halogens is 1. The van der Waals surface area contributed by atoms with E-state index in [-0.39, 0.29) is 17.7 Å². The molecular formula is C21H22ClN3O5. The lowest BCUT2D eigenvalue weighted by Crippen LogP contribution is -2.31. The molecule has 1 amide bonds. The van der Waals surface area contributed by atoms with Crippen LogP contribution in [0, 0.1) is 10.1 Å². The summed E-state index contributed by atoms with van der Waals surface area (Å²) in [6.45, 7) is 1.50. The van der Waals surface area contributed by atoms with Crippen molar-refractivity contribution in [3.05, 3.63) is 68.7 Å². The first-order valence-corrected chi connectivity index (χ1v) is 9.94. The van der Waals surface area contributed by atoms with Gasteiger partial charge in [-0.15, -0.1) is 0 Å². The zero-order valence-electron chi connectivity index (χ0n) is 16.5. The molecule has 0 aromatic heterocycles. The molecule has 0 spiro atoms. The summed E-state index contributed by atoms with van der Waals surface area (Å²) in [5, 5.41) is 14.7. The van der Waals surface area contributed by atoms with Crippen molar-refractivity contribution in [1.82, 2.24) is 5.32 Å². The van der Waals surface area contributed by atoms with Crippen LogP contribution in [-0.4, -0.2) is 37.0 Å². The summed E-state index contributed by atoms with van der Waals surface area (Å²) in [4.78, 5) is 37.8. The minimum atomic E-state index is -0.740. The Hall–Kier alpha value is -3.13. The SMILES string of the molecule is COC(=O)CC(NC(=O)c1ccc(N2CCCC2)c([N+](=O)[O-])c1)c1ccccc1Cl. The van der Waals surface area contributed by atoms with E-state index in [0.717, 1.165) is 25.9 Å². The van der Waals surface area contributed by atoms with Gasteiger partial charge in [-0.05, 0) is 36.6 Å². The van der Waals surface area contributed by atoms with Gasteiger partial charge in [-0.1, -0.05) is 29.8 Å². The lowest BCUT2D eigenvalue weighted by atomic mass is 10.0. The fraction of sp³-hybridized carbons (Fsp3) is 0.333. The molecule has 1 saturated heterocycles. The van der Waals surface area contributed by atoms with E-state index in [0.29, 0.717) is 16.3 Å². The van der Waals surface area contributed by atoms with E-state index < -0.39 is 22.8 Å². The van der Waals surface area contributed by atoms with Gasteiger partial charge in [0.15, 0.2) is 0 Å². The molecule has 0 bridgehead atoms. The van der Waals surface area contributed by atoms with Gasteiger partial charge in [0.25, 0.3) is 11.6 Å². The fourth-order valence-corrected chi connectivity index (χ4v) is 3.79. The number of esters is 1. The number of anilines is 1. The van der Waals surface area contributed by atoms with Gasteiger partial charge < -0.3 is 15.0 Å². The number of nitrogens with one attached hydrogen (secondary N) is 1. The molecule has 0 radical (unpaired) electrons. The summed E-state index contributed by atoms with van der Waals surface area (Å²) < 4.78 is 4.72. The van der Waals surface area contributed by atoms with E-state index in [1.807, 2.05) is 4.90 Å². The third-order valence-corrected chi connectivity index (χ3v) is 5.41. The van der Waals surface area contributed by atoms with Crippen molar-refractivity contribution in [3.63, 3.8) is 0 Å².